The highest BCUT2D eigenvalue weighted by Gasteiger charge is 2.27. The van der Waals surface area contributed by atoms with Crippen LogP contribution in [0.4, 0.5) is 0 Å². The zero-order valence-corrected chi connectivity index (χ0v) is 26.4. The molecule has 0 radical (unpaired) electrons. The zero-order chi connectivity index (χ0) is 30.2. The highest BCUT2D eigenvalue weighted by atomic mass is 32.1. The van der Waals surface area contributed by atoms with Gasteiger partial charge in [-0.05, 0) is 109 Å². The van der Waals surface area contributed by atoms with E-state index in [1.54, 1.807) is 0 Å². The minimum Gasteiger partial charge on any atom is -0.135 e. The number of rotatable bonds is 3. The van der Waals surface area contributed by atoms with Crippen LogP contribution in [-0.2, 0) is 6.42 Å². The van der Waals surface area contributed by atoms with Gasteiger partial charge in [-0.25, -0.2) is 0 Å². The molecule has 6 aromatic carbocycles. The summed E-state index contributed by atoms with van der Waals surface area (Å²) >= 11 is 1.94. The second kappa shape index (κ2) is 10.3. The van der Waals surface area contributed by atoms with Gasteiger partial charge in [0.15, 0.2) is 0 Å². The van der Waals surface area contributed by atoms with Gasteiger partial charge in [0.2, 0.25) is 0 Å². The standard InChI is InChI=1S/C45H32S/c1-2-11-29-27-34(26-28(29)10-1)44-39-15-5-3-13-37(39)43(38-14-4-6-16-40(38)44)33-23-21-30-24-32(22-20-31(30)25-33)35-17-9-18-41-36-12-7-8-19-42(36)46-45(35)41/h1-19,21,23-24,26,31H,20,22,25,27H2. The Morgan fingerprint density at radius 1 is 0.522 bits per heavy atom. The Balaban J connectivity index is 1.10. The molecule has 0 N–H and O–H groups in total. The molecule has 1 atom stereocenters. The van der Waals surface area contributed by atoms with Gasteiger partial charge >= 0.3 is 0 Å². The van der Waals surface area contributed by atoms with Crippen LogP contribution < -0.4 is 0 Å². The van der Waals surface area contributed by atoms with Crippen molar-refractivity contribution in [2.24, 2.45) is 5.92 Å². The summed E-state index contributed by atoms with van der Waals surface area (Å²) in [6.07, 6.45) is 14.2. The van der Waals surface area contributed by atoms with Crippen molar-refractivity contribution in [3.05, 3.63) is 167 Å². The Hall–Kier alpha value is -4.98. The Kier molecular flexibility index (Phi) is 5.86. The van der Waals surface area contributed by atoms with Crippen molar-refractivity contribution in [3.8, 4) is 0 Å². The molecule has 0 saturated carbocycles. The van der Waals surface area contributed by atoms with Gasteiger partial charge in [-0.2, -0.15) is 0 Å². The average molecular weight is 605 g/mol. The largest absolute Gasteiger partial charge is 0.135 e. The fraction of sp³-hybridized carbons (Fsp3) is 0.111. The van der Waals surface area contributed by atoms with Gasteiger partial charge in [-0.1, -0.05) is 133 Å². The van der Waals surface area contributed by atoms with E-state index in [0.29, 0.717) is 5.92 Å². The summed E-state index contributed by atoms with van der Waals surface area (Å²) in [5.74, 6) is 0.551. The maximum absolute atomic E-state index is 2.52. The Labute approximate surface area is 273 Å². The first-order valence-corrected chi connectivity index (χ1v) is 17.4. The highest BCUT2D eigenvalue weighted by Crippen LogP contribution is 2.48. The predicted octanol–water partition coefficient (Wildman–Crippen LogP) is 12.7. The average Bonchev–Trinajstić information content (AvgIpc) is 3.72. The number of hydrogen-bond donors (Lipinski definition) is 0. The number of benzene rings is 6. The number of thiophene rings is 1. The van der Waals surface area contributed by atoms with Crippen molar-refractivity contribution < 1.29 is 0 Å². The molecule has 7 aromatic rings. The first kappa shape index (κ1) is 26.3. The van der Waals surface area contributed by atoms with Gasteiger partial charge in [0.1, 0.15) is 0 Å². The lowest BCUT2D eigenvalue weighted by atomic mass is 9.74. The van der Waals surface area contributed by atoms with E-state index in [1.807, 2.05) is 11.3 Å². The van der Waals surface area contributed by atoms with Crippen LogP contribution >= 0.6 is 11.3 Å². The van der Waals surface area contributed by atoms with E-state index in [9.17, 15) is 0 Å². The predicted molar refractivity (Wildman–Crippen MR) is 200 cm³/mol. The van der Waals surface area contributed by atoms with Crippen molar-refractivity contribution in [3.63, 3.8) is 0 Å². The van der Waals surface area contributed by atoms with E-state index >= 15 is 0 Å². The van der Waals surface area contributed by atoms with E-state index in [1.165, 1.54) is 98.2 Å². The molecule has 0 aliphatic heterocycles. The molecule has 0 bridgehead atoms. The van der Waals surface area contributed by atoms with Crippen LogP contribution in [0.3, 0.4) is 0 Å². The summed E-state index contributed by atoms with van der Waals surface area (Å²) in [6, 6.07) is 42.8. The van der Waals surface area contributed by atoms with E-state index in [0.717, 1.165) is 19.3 Å². The van der Waals surface area contributed by atoms with Crippen LogP contribution in [0, 0.1) is 5.92 Å². The Morgan fingerprint density at radius 3 is 1.93 bits per heavy atom. The summed E-state index contributed by atoms with van der Waals surface area (Å²) in [6.45, 7) is 0. The highest BCUT2D eigenvalue weighted by molar-refractivity contribution is 7.26. The van der Waals surface area contributed by atoms with Gasteiger partial charge in [-0.3, -0.25) is 0 Å². The normalized spacial score (nSPS) is 17.5. The molecule has 3 aliphatic rings. The molecule has 0 fully saturated rings. The zero-order valence-electron chi connectivity index (χ0n) is 25.6. The molecular weight excluding hydrogens is 573 g/mol. The number of fused-ring (bicyclic) bond motifs is 7. The maximum Gasteiger partial charge on any atom is 0.0430 e. The fourth-order valence-electron chi connectivity index (χ4n) is 8.48. The smallest absolute Gasteiger partial charge is 0.0430 e. The van der Waals surface area contributed by atoms with Gasteiger partial charge in [0.25, 0.3) is 0 Å². The quantitative estimate of drug-likeness (QED) is 0.176. The topological polar surface area (TPSA) is 0 Å². The summed E-state index contributed by atoms with van der Waals surface area (Å²) in [7, 11) is 0. The molecule has 218 valence electrons. The monoisotopic (exact) mass is 604 g/mol. The fourth-order valence-corrected chi connectivity index (χ4v) is 9.73. The lowest BCUT2D eigenvalue weighted by Gasteiger charge is -2.30. The van der Waals surface area contributed by atoms with Crippen LogP contribution in [0.1, 0.15) is 47.1 Å². The molecule has 1 heteroatoms. The van der Waals surface area contributed by atoms with E-state index in [4.69, 9.17) is 0 Å². The first-order chi connectivity index (χ1) is 22.8. The molecule has 1 aromatic heterocycles. The van der Waals surface area contributed by atoms with Crippen LogP contribution in [0.5, 0.6) is 0 Å². The van der Waals surface area contributed by atoms with Crippen LogP contribution in [0.25, 0.3) is 64.5 Å². The maximum atomic E-state index is 2.52. The summed E-state index contributed by atoms with van der Waals surface area (Å²) in [5.41, 5.74) is 12.9. The molecule has 0 amide bonds. The second-order valence-electron chi connectivity index (χ2n) is 13.1. The Bertz CT molecular complexity index is 2470. The Morgan fingerprint density at radius 2 is 1.17 bits per heavy atom. The molecule has 10 rings (SSSR count). The lowest BCUT2D eigenvalue weighted by Crippen LogP contribution is -2.13. The molecular formula is C45H32S. The molecule has 46 heavy (non-hydrogen) atoms. The third kappa shape index (κ3) is 3.98. The van der Waals surface area contributed by atoms with Crippen molar-refractivity contribution in [2.45, 2.75) is 25.7 Å². The summed E-state index contributed by atoms with van der Waals surface area (Å²) < 4.78 is 2.81. The minimum absolute atomic E-state index is 0.551. The lowest BCUT2D eigenvalue weighted by molar-refractivity contribution is 0.580. The molecule has 3 aliphatic carbocycles. The minimum atomic E-state index is 0.551. The van der Waals surface area contributed by atoms with Crippen LogP contribution in [0.2, 0.25) is 0 Å². The van der Waals surface area contributed by atoms with E-state index in [-0.39, 0.29) is 0 Å². The first-order valence-electron chi connectivity index (χ1n) is 16.5. The van der Waals surface area contributed by atoms with Gasteiger partial charge in [0, 0.05) is 20.2 Å². The van der Waals surface area contributed by atoms with Crippen molar-refractivity contribution in [1.82, 2.24) is 0 Å². The molecule has 0 saturated heterocycles. The number of allylic oxidation sites excluding steroid dienone is 7. The second-order valence-corrected chi connectivity index (χ2v) is 14.2. The SMILES string of the molecule is C1=C(c2c3ccccc3c(C3=CC=C4C=C(c5cccc6c5sc5ccccc56)CCC4C3)c3ccccc23)Cc2ccccc21. The molecule has 1 unspecified atom stereocenters. The third-order valence-corrected chi connectivity index (χ3v) is 11.8. The van der Waals surface area contributed by atoms with Crippen LogP contribution in [0.15, 0.2) is 139 Å². The van der Waals surface area contributed by atoms with E-state index < -0.39 is 0 Å². The number of hydrogen-bond acceptors (Lipinski definition) is 1. The molecule has 1 heterocycles. The van der Waals surface area contributed by atoms with Crippen molar-refractivity contribution >= 4 is 75.8 Å². The molecule has 0 spiro atoms. The van der Waals surface area contributed by atoms with E-state index in [2.05, 4.69) is 140 Å². The third-order valence-electron chi connectivity index (χ3n) is 10.6. The van der Waals surface area contributed by atoms with Crippen molar-refractivity contribution in [2.75, 3.05) is 0 Å². The summed E-state index contributed by atoms with van der Waals surface area (Å²) in [4.78, 5) is 0. The van der Waals surface area contributed by atoms with Crippen LogP contribution in [-0.4, -0.2) is 0 Å². The van der Waals surface area contributed by atoms with Gasteiger partial charge in [-0.15, -0.1) is 11.3 Å². The van der Waals surface area contributed by atoms with Gasteiger partial charge < -0.3 is 0 Å². The van der Waals surface area contributed by atoms with Gasteiger partial charge in [0.05, 0.1) is 0 Å². The van der Waals surface area contributed by atoms with Crippen molar-refractivity contribution in [1.29, 1.82) is 0 Å². The molecule has 0 nitrogen and oxygen atoms in total. The summed E-state index contributed by atoms with van der Waals surface area (Å²) in [5, 5.41) is 8.25.